The number of ether oxygens (including phenoxy) is 2. The monoisotopic (exact) mass is 358 g/mol. The van der Waals surface area contributed by atoms with Crippen molar-refractivity contribution in [3.63, 3.8) is 0 Å². The van der Waals surface area contributed by atoms with Crippen LogP contribution in [0.4, 0.5) is 0 Å². The fourth-order valence-electron chi connectivity index (χ4n) is 0.792. The normalized spacial score (nSPS) is 11.2. The molecule has 0 saturated heterocycles. The van der Waals surface area contributed by atoms with Gasteiger partial charge in [-0.15, -0.1) is 0 Å². The zero-order valence-corrected chi connectivity index (χ0v) is 12.1. The first-order chi connectivity index (χ1) is 7.64. The van der Waals surface area contributed by atoms with Crippen molar-refractivity contribution in [1.29, 1.82) is 0 Å². The number of hydrogen-bond donors (Lipinski definition) is 1. The van der Waals surface area contributed by atoms with E-state index in [-0.39, 0.29) is 18.6 Å². The van der Waals surface area contributed by atoms with Crippen LogP contribution in [0.1, 0.15) is 0 Å². The van der Waals surface area contributed by atoms with E-state index < -0.39 is 5.97 Å². The van der Waals surface area contributed by atoms with Crippen LogP contribution in [-0.4, -0.2) is 48.2 Å². The van der Waals surface area contributed by atoms with Gasteiger partial charge in [-0.2, -0.15) is 0 Å². The molecule has 0 aromatic carbocycles. The summed E-state index contributed by atoms with van der Waals surface area (Å²) in [6.45, 7) is 4.19. The topological polar surface area (TPSA) is 55.8 Å². The molecule has 0 spiro atoms. The van der Waals surface area contributed by atoms with Gasteiger partial charge in [-0.05, 0) is 0 Å². The summed E-state index contributed by atoms with van der Waals surface area (Å²) >= 11 is 6.66. The average molecular weight is 360 g/mol. The molecule has 0 aliphatic rings. The van der Waals surface area contributed by atoms with E-state index in [2.05, 4.69) is 38.4 Å². The van der Waals surface area contributed by atoms with Crippen molar-refractivity contribution in [3.05, 3.63) is 12.7 Å². The van der Waals surface area contributed by atoms with Crippen LogP contribution in [0.2, 0.25) is 0 Å². The second-order valence-electron chi connectivity index (χ2n) is 3.35. The molecule has 0 aromatic heterocycles. The minimum absolute atomic E-state index is 0.0238. The molecule has 0 aliphatic carbocycles. The highest BCUT2D eigenvalue weighted by Crippen LogP contribution is 2.22. The van der Waals surface area contributed by atoms with Gasteiger partial charge >= 0.3 is 5.97 Å². The Bertz CT molecular complexity index is 209. The Kier molecular flexibility index (Phi) is 9.21. The Morgan fingerprint density at radius 3 is 2.44 bits per heavy atom. The minimum Gasteiger partial charge on any atom is -0.460 e. The van der Waals surface area contributed by atoms with Crippen molar-refractivity contribution in [2.45, 2.75) is 0 Å². The maximum Gasteiger partial charge on any atom is 0.330 e. The first-order valence-electron chi connectivity index (χ1n) is 4.74. The van der Waals surface area contributed by atoms with E-state index in [4.69, 9.17) is 9.47 Å². The minimum atomic E-state index is -0.460. The van der Waals surface area contributed by atoms with Gasteiger partial charge in [-0.1, -0.05) is 38.4 Å². The van der Waals surface area contributed by atoms with Crippen LogP contribution in [-0.2, 0) is 14.3 Å². The molecule has 0 fully saturated rings. The van der Waals surface area contributed by atoms with E-state index in [1.165, 1.54) is 0 Å². The number of carbonyl (C=O) groups excluding carboxylic acids is 1. The lowest BCUT2D eigenvalue weighted by molar-refractivity contribution is -0.139. The highest BCUT2D eigenvalue weighted by molar-refractivity contribution is 9.09. The van der Waals surface area contributed by atoms with Crippen LogP contribution in [0.5, 0.6) is 0 Å². The van der Waals surface area contributed by atoms with Crippen molar-refractivity contribution in [2.24, 2.45) is 5.41 Å². The van der Waals surface area contributed by atoms with Gasteiger partial charge in [0.15, 0.2) is 0 Å². The predicted molar refractivity (Wildman–Crippen MR) is 69.1 cm³/mol. The molecule has 0 unspecified atom stereocenters. The van der Waals surface area contributed by atoms with Crippen LogP contribution in [0, 0.1) is 5.41 Å². The van der Waals surface area contributed by atoms with E-state index in [0.29, 0.717) is 23.9 Å². The second-order valence-corrected chi connectivity index (χ2v) is 4.47. The standard InChI is InChI=1S/C10H16Br2O4/c1-2-9(14)16-4-3-15-8-10(5-11,6-12)7-13/h2,13H,1,3-8H2. The SMILES string of the molecule is C=CC(=O)OCCOCC(CO)(CBr)CBr. The van der Waals surface area contributed by atoms with Crippen LogP contribution in [0.15, 0.2) is 12.7 Å². The number of hydrogen-bond acceptors (Lipinski definition) is 4. The first kappa shape index (κ1) is 16.1. The highest BCUT2D eigenvalue weighted by Gasteiger charge is 2.27. The third-order valence-electron chi connectivity index (χ3n) is 1.95. The molecule has 0 aromatic rings. The van der Waals surface area contributed by atoms with Crippen molar-refractivity contribution in [3.8, 4) is 0 Å². The quantitative estimate of drug-likeness (QED) is 0.293. The molecule has 0 rings (SSSR count). The van der Waals surface area contributed by atoms with Gasteiger partial charge in [0.1, 0.15) is 6.61 Å². The summed E-state index contributed by atoms with van der Waals surface area (Å²) in [5, 5.41) is 10.5. The van der Waals surface area contributed by atoms with E-state index in [1.807, 2.05) is 0 Å². The molecule has 0 heterocycles. The molecule has 16 heavy (non-hydrogen) atoms. The second kappa shape index (κ2) is 9.15. The summed E-state index contributed by atoms with van der Waals surface area (Å²) < 4.78 is 10.1. The Morgan fingerprint density at radius 1 is 1.38 bits per heavy atom. The molecule has 4 nitrogen and oxygen atoms in total. The Labute approximate surface area is 112 Å². The highest BCUT2D eigenvalue weighted by atomic mass is 79.9. The fraction of sp³-hybridized carbons (Fsp3) is 0.700. The number of carbonyl (C=O) groups is 1. The molecule has 6 heteroatoms. The summed E-state index contributed by atoms with van der Waals surface area (Å²) in [4.78, 5) is 10.7. The smallest absolute Gasteiger partial charge is 0.330 e. The summed E-state index contributed by atoms with van der Waals surface area (Å²) in [7, 11) is 0. The number of esters is 1. The Morgan fingerprint density at radius 2 is 2.00 bits per heavy atom. The average Bonchev–Trinajstić information content (AvgIpc) is 2.34. The molecule has 0 bridgehead atoms. The molecule has 0 radical (unpaired) electrons. The lowest BCUT2D eigenvalue weighted by Gasteiger charge is -2.26. The van der Waals surface area contributed by atoms with Gasteiger partial charge in [0.05, 0.1) is 19.8 Å². The fourth-order valence-corrected chi connectivity index (χ4v) is 2.40. The first-order valence-corrected chi connectivity index (χ1v) is 6.98. The van der Waals surface area contributed by atoms with E-state index in [9.17, 15) is 9.90 Å². The number of aliphatic hydroxyl groups excluding tert-OH is 1. The molecular formula is C10H16Br2O4. The van der Waals surface area contributed by atoms with Gasteiger partial charge in [0, 0.05) is 22.2 Å². The summed E-state index contributed by atoms with van der Waals surface area (Å²) in [5.74, 6) is -0.460. The van der Waals surface area contributed by atoms with E-state index >= 15 is 0 Å². The third-order valence-corrected chi connectivity index (χ3v) is 4.33. The zero-order valence-electron chi connectivity index (χ0n) is 8.95. The van der Waals surface area contributed by atoms with E-state index in [0.717, 1.165) is 6.08 Å². The molecule has 0 amide bonds. The van der Waals surface area contributed by atoms with Gasteiger partial charge in [0.25, 0.3) is 0 Å². The Balaban J connectivity index is 3.71. The maximum atomic E-state index is 10.7. The molecule has 94 valence electrons. The van der Waals surface area contributed by atoms with Crippen LogP contribution in [0.25, 0.3) is 0 Å². The van der Waals surface area contributed by atoms with Crippen molar-refractivity contribution >= 4 is 37.8 Å². The van der Waals surface area contributed by atoms with Crippen molar-refractivity contribution < 1.29 is 19.4 Å². The summed E-state index contributed by atoms with van der Waals surface area (Å²) in [5.41, 5.74) is -0.331. The van der Waals surface area contributed by atoms with Gasteiger partial charge in [-0.3, -0.25) is 0 Å². The number of rotatable bonds is 9. The third kappa shape index (κ3) is 5.98. The van der Waals surface area contributed by atoms with E-state index in [1.54, 1.807) is 0 Å². The summed E-state index contributed by atoms with van der Waals surface area (Å²) in [6, 6.07) is 0. The van der Waals surface area contributed by atoms with Gasteiger partial charge in [0.2, 0.25) is 0 Å². The van der Waals surface area contributed by atoms with Crippen LogP contribution in [0.3, 0.4) is 0 Å². The largest absolute Gasteiger partial charge is 0.460 e. The number of alkyl halides is 2. The molecular weight excluding hydrogens is 344 g/mol. The van der Waals surface area contributed by atoms with Gasteiger partial charge in [-0.25, -0.2) is 4.79 Å². The number of halogens is 2. The van der Waals surface area contributed by atoms with Crippen molar-refractivity contribution in [2.75, 3.05) is 37.1 Å². The summed E-state index contributed by atoms with van der Waals surface area (Å²) in [6.07, 6.45) is 1.11. The Hall–Kier alpha value is 0.0900. The lowest BCUT2D eigenvalue weighted by atomic mass is 9.96. The molecule has 0 saturated carbocycles. The van der Waals surface area contributed by atoms with Crippen molar-refractivity contribution in [1.82, 2.24) is 0 Å². The molecule has 0 aliphatic heterocycles. The lowest BCUT2D eigenvalue weighted by Crippen LogP contribution is -2.35. The van der Waals surface area contributed by atoms with Gasteiger partial charge < -0.3 is 14.6 Å². The molecule has 0 atom stereocenters. The zero-order chi connectivity index (χ0) is 12.4. The van der Waals surface area contributed by atoms with Crippen LogP contribution < -0.4 is 0 Å². The van der Waals surface area contributed by atoms with Crippen LogP contribution >= 0.6 is 31.9 Å². The molecule has 1 N–H and O–H groups in total. The maximum absolute atomic E-state index is 10.7. The number of aliphatic hydroxyl groups is 1. The predicted octanol–water partition coefficient (Wildman–Crippen LogP) is 1.50.